The zero-order valence-corrected chi connectivity index (χ0v) is 13.8. The number of aromatic nitrogens is 3. The Kier molecular flexibility index (Phi) is 5.36. The van der Waals surface area contributed by atoms with Crippen LogP contribution >= 0.6 is 0 Å². The molecule has 1 N–H and O–H groups in total. The van der Waals surface area contributed by atoms with E-state index in [-0.39, 0.29) is 12.5 Å². The van der Waals surface area contributed by atoms with E-state index < -0.39 is 0 Å². The molecule has 25 heavy (non-hydrogen) atoms. The molecule has 1 amide bonds. The van der Waals surface area contributed by atoms with Crippen LogP contribution in [0.5, 0.6) is 5.75 Å². The molecule has 0 aliphatic heterocycles. The summed E-state index contributed by atoms with van der Waals surface area (Å²) in [5, 5.41) is 6.65. The largest absolute Gasteiger partial charge is 0.485 e. The van der Waals surface area contributed by atoms with Gasteiger partial charge in [-0.3, -0.25) is 9.78 Å². The number of benzene rings is 1. The van der Waals surface area contributed by atoms with Crippen LogP contribution in [0.4, 0.5) is 0 Å². The highest BCUT2D eigenvalue weighted by Crippen LogP contribution is 2.19. The predicted molar refractivity (Wildman–Crippen MR) is 90.1 cm³/mol. The molecular weight excluding hydrogens is 320 g/mol. The molecule has 0 atom stereocenters. The minimum atomic E-state index is -0.198. The lowest BCUT2D eigenvalue weighted by Gasteiger charge is -2.10. The molecule has 0 unspecified atom stereocenters. The van der Waals surface area contributed by atoms with Crippen LogP contribution in [0.1, 0.15) is 27.8 Å². The zero-order chi connectivity index (χ0) is 17.5. The van der Waals surface area contributed by atoms with Crippen molar-refractivity contribution in [1.82, 2.24) is 20.4 Å². The summed E-state index contributed by atoms with van der Waals surface area (Å²) in [6.45, 7) is 2.34. The van der Waals surface area contributed by atoms with Crippen LogP contribution in [0.3, 0.4) is 0 Å². The molecule has 1 aromatic carbocycles. The van der Waals surface area contributed by atoms with Crippen LogP contribution in [0.15, 0.2) is 53.2 Å². The Morgan fingerprint density at radius 2 is 2.04 bits per heavy atom. The fourth-order valence-corrected chi connectivity index (χ4v) is 2.27. The Hall–Kier alpha value is -3.22. The van der Waals surface area contributed by atoms with Gasteiger partial charge < -0.3 is 14.6 Å². The summed E-state index contributed by atoms with van der Waals surface area (Å²) in [6, 6.07) is 12.8. The average molecular weight is 338 g/mol. The maximum atomic E-state index is 12.4. The van der Waals surface area contributed by atoms with E-state index in [2.05, 4.69) is 20.4 Å². The van der Waals surface area contributed by atoms with Crippen molar-refractivity contribution >= 4 is 5.91 Å². The van der Waals surface area contributed by atoms with Crippen LogP contribution in [-0.2, 0) is 13.0 Å². The lowest BCUT2D eigenvalue weighted by molar-refractivity contribution is 0.0949. The molecule has 128 valence electrons. The van der Waals surface area contributed by atoms with E-state index in [4.69, 9.17) is 9.26 Å². The number of nitrogens with zero attached hydrogens (tertiary/aromatic N) is 3. The van der Waals surface area contributed by atoms with Gasteiger partial charge in [0.05, 0.1) is 5.56 Å². The smallest absolute Gasteiger partial charge is 0.255 e. The number of para-hydroxylation sites is 1. The highest BCUT2D eigenvalue weighted by atomic mass is 16.5. The number of hydrogen-bond acceptors (Lipinski definition) is 6. The van der Waals surface area contributed by atoms with Crippen LogP contribution in [0, 0.1) is 6.92 Å². The summed E-state index contributed by atoms with van der Waals surface area (Å²) < 4.78 is 10.6. The van der Waals surface area contributed by atoms with Crippen molar-refractivity contribution in [3.63, 3.8) is 0 Å². The number of ether oxygens (including phenoxy) is 1. The molecule has 0 spiro atoms. The first kappa shape index (κ1) is 16.6. The Bertz CT molecular complexity index is 833. The fourth-order valence-electron chi connectivity index (χ4n) is 2.27. The summed E-state index contributed by atoms with van der Waals surface area (Å²) in [6.07, 6.45) is 2.40. The predicted octanol–water partition coefficient (Wildman–Crippen LogP) is 2.32. The van der Waals surface area contributed by atoms with Gasteiger partial charge in [0.2, 0.25) is 11.7 Å². The van der Waals surface area contributed by atoms with Crippen LogP contribution < -0.4 is 10.1 Å². The molecule has 0 saturated carbocycles. The lowest BCUT2D eigenvalue weighted by Crippen LogP contribution is -2.26. The van der Waals surface area contributed by atoms with E-state index in [0.717, 1.165) is 5.69 Å². The van der Waals surface area contributed by atoms with Crippen molar-refractivity contribution in [3.8, 4) is 5.75 Å². The van der Waals surface area contributed by atoms with Gasteiger partial charge in [-0.05, 0) is 24.3 Å². The van der Waals surface area contributed by atoms with Crippen LogP contribution in [0.2, 0.25) is 0 Å². The maximum Gasteiger partial charge on any atom is 0.255 e. The lowest BCUT2D eigenvalue weighted by atomic mass is 10.2. The minimum absolute atomic E-state index is 0.134. The normalized spacial score (nSPS) is 10.4. The third kappa shape index (κ3) is 4.63. The topological polar surface area (TPSA) is 90.1 Å². The van der Waals surface area contributed by atoms with Crippen molar-refractivity contribution in [2.24, 2.45) is 0 Å². The SMILES string of the molecule is Cc1nc(COc2ccccc2C(=O)NCCc2ccccn2)no1. The molecule has 0 bridgehead atoms. The maximum absolute atomic E-state index is 12.4. The number of carbonyl (C=O) groups is 1. The van der Waals surface area contributed by atoms with E-state index in [9.17, 15) is 4.79 Å². The highest BCUT2D eigenvalue weighted by molar-refractivity contribution is 5.96. The van der Waals surface area contributed by atoms with Gasteiger partial charge in [-0.1, -0.05) is 23.4 Å². The Labute approximate surface area is 145 Å². The quantitative estimate of drug-likeness (QED) is 0.711. The van der Waals surface area contributed by atoms with E-state index in [0.29, 0.717) is 36.0 Å². The Balaban J connectivity index is 1.58. The molecule has 0 saturated heterocycles. The van der Waals surface area contributed by atoms with Crippen molar-refractivity contribution in [1.29, 1.82) is 0 Å². The summed E-state index contributed by atoms with van der Waals surface area (Å²) in [7, 11) is 0. The number of rotatable bonds is 7. The first-order valence-electron chi connectivity index (χ1n) is 7.91. The molecule has 7 heteroatoms. The minimum Gasteiger partial charge on any atom is -0.485 e. The first-order chi connectivity index (χ1) is 12.2. The number of carbonyl (C=O) groups excluding carboxylic acids is 1. The number of amides is 1. The molecule has 0 aliphatic carbocycles. The van der Waals surface area contributed by atoms with E-state index in [1.54, 1.807) is 31.3 Å². The second-order valence-electron chi connectivity index (χ2n) is 5.34. The Morgan fingerprint density at radius 3 is 2.80 bits per heavy atom. The van der Waals surface area contributed by atoms with E-state index in [1.807, 2.05) is 24.3 Å². The summed E-state index contributed by atoms with van der Waals surface area (Å²) in [5.41, 5.74) is 1.39. The first-order valence-corrected chi connectivity index (χ1v) is 7.91. The van der Waals surface area contributed by atoms with E-state index in [1.165, 1.54) is 0 Å². The molecule has 2 heterocycles. The summed E-state index contributed by atoms with van der Waals surface area (Å²) in [5.74, 6) is 1.18. The molecule has 7 nitrogen and oxygen atoms in total. The zero-order valence-electron chi connectivity index (χ0n) is 13.8. The average Bonchev–Trinajstić information content (AvgIpc) is 3.06. The van der Waals surface area contributed by atoms with Gasteiger partial charge in [-0.15, -0.1) is 0 Å². The van der Waals surface area contributed by atoms with Gasteiger partial charge in [0.15, 0.2) is 6.61 Å². The summed E-state index contributed by atoms with van der Waals surface area (Å²) >= 11 is 0. The third-order valence-electron chi connectivity index (χ3n) is 3.45. The summed E-state index contributed by atoms with van der Waals surface area (Å²) in [4.78, 5) is 20.7. The molecule has 3 rings (SSSR count). The van der Waals surface area contributed by atoms with Crippen molar-refractivity contribution < 1.29 is 14.1 Å². The van der Waals surface area contributed by atoms with Gasteiger partial charge in [-0.25, -0.2) is 0 Å². The van der Waals surface area contributed by atoms with Crippen molar-refractivity contribution in [2.75, 3.05) is 6.54 Å². The number of pyridine rings is 1. The van der Waals surface area contributed by atoms with E-state index >= 15 is 0 Å². The third-order valence-corrected chi connectivity index (χ3v) is 3.45. The molecular formula is C18H18N4O3. The second-order valence-corrected chi connectivity index (χ2v) is 5.34. The van der Waals surface area contributed by atoms with Crippen molar-refractivity contribution in [2.45, 2.75) is 20.0 Å². The Morgan fingerprint density at radius 1 is 1.20 bits per heavy atom. The van der Waals surface area contributed by atoms with Crippen LogP contribution in [-0.4, -0.2) is 27.6 Å². The molecule has 0 aliphatic rings. The van der Waals surface area contributed by atoms with Crippen LogP contribution in [0.25, 0.3) is 0 Å². The fraction of sp³-hybridized carbons (Fsp3) is 0.222. The monoisotopic (exact) mass is 338 g/mol. The van der Waals surface area contributed by atoms with Gasteiger partial charge >= 0.3 is 0 Å². The second kappa shape index (κ2) is 8.05. The van der Waals surface area contributed by atoms with Crippen molar-refractivity contribution in [3.05, 3.63) is 71.6 Å². The molecule has 0 fully saturated rings. The number of hydrogen-bond donors (Lipinski definition) is 1. The van der Waals surface area contributed by atoms with Gasteiger partial charge in [0.25, 0.3) is 5.91 Å². The van der Waals surface area contributed by atoms with Gasteiger partial charge in [0.1, 0.15) is 5.75 Å². The van der Waals surface area contributed by atoms with Gasteiger partial charge in [-0.2, -0.15) is 4.98 Å². The molecule has 3 aromatic rings. The number of aryl methyl sites for hydroxylation is 1. The standard InChI is InChI=1S/C18H18N4O3/c1-13-21-17(22-25-13)12-24-16-8-3-2-7-15(16)18(23)20-11-9-14-6-4-5-10-19-14/h2-8,10H,9,11-12H2,1H3,(H,20,23). The van der Waals surface area contributed by atoms with Gasteiger partial charge in [0, 0.05) is 31.8 Å². The number of nitrogens with one attached hydrogen (secondary N) is 1. The highest BCUT2D eigenvalue weighted by Gasteiger charge is 2.13. The molecule has 0 radical (unpaired) electrons. The molecule has 2 aromatic heterocycles.